The van der Waals surface area contributed by atoms with Crippen LogP contribution in [0.5, 0.6) is 0 Å². The third kappa shape index (κ3) is 5.22. The van der Waals surface area contributed by atoms with E-state index in [-0.39, 0.29) is 5.91 Å². The average molecular weight is 335 g/mol. The molecule has 0 unspecified atom stereocenters. The normalized spacial score (nSPS) is 12.1. The molecule has 2 N–H and O–H groups in total. The number of hydrogen-bond donors (Lipinski definition) is 2. The van der Waals surface area contributed by atoms with Crippen molar-refractivity contribution in [2.45, 2.75) is 6.42 Å². The van der Waals surface area contributed by atoms with Crippen molar-refractivity contribution in [2.24, 2.45) is 7.05 Å². The average Bonchev–Trinajstić information content (AvgIpc) is 2.81. The Morgan fingerprint density at radius 2 is 2.00 bits per heavy atom. The van der Waals surface area contributed by atoms with Gasteiger partial charge in [0.15, 0.2) is 0 Å². The van der Waals surface area contributed by atoms with Gasteiger partial charge in [0, 0.05) is 48.9 Å². The first-order valence-corrected chi connectivity index (χ1v) is 9.20. The van der Waals surface area contributed by atoms with Crippen molar-refractivity contribution in [3.63, 3.8) is 0 Å². The fraction of sp³-hybridized carbons (Fsp3) is 0.312. The zero-order chi connectivity index (χ0) is 16.9. The number of aromatic nitrogens is 1. The van der Waals surface area contributed by atoms with Gasteiger partial charge in [0.2, 0.25) is 15.9 Å². The number of sulfonamides is 1. The molecule has 7 heteroatoms. The molecule has 0 aliphatic carbocycles. The van der Waals surface area contributed by atoms with E-state index in [0.717, 1.165) is 22.7 Å². The van der Waals surface area contributed by atoms with Gasteiger partial charge >= 0.3 is 0 Å². The van der Waals surface area contributed by atoms with E-state index in [1.807, 2.05) is 42.1 Å². The van der Waals surface area contributed by atoms with Gasteiger partial charge in [-0.2, -0.15) is 0 Å². The van der Waals surface area contributed by atoms with Crippen LogP contribution in [-0.2, 0) is 21.9 Å². The van der Waals surface area contributed by atoms with Crippen LogP contribution in [0.25, 0.3) is 17.0 Å². The zero-order valence-electron chi connectivity index (χ0n) is 13.2. The summed E-state index contributed by atoms with van der Waals surface area (Å²) in [5.41, 5.74) is 2.09. The molecular weight excluding hydrogens is 314 g/mol. The number of benzene rings is 1. The molecule has 124 valence electrons. The van der Waals surface area contributed by atoms with E-state index in [4.69, 9.17) is 0 Å². The van der Waals surface area contributed by atoms with E-state index in [1.165, 1.54) is 6.08 Å². The molecule has 0 aliphatic heterocycles. The van der Waals surface area contributed by atoms with Gasteiger partial charge in [0.25, 0.3) is 0 Å². The standard InChI is InChI=1S/C16H21N3O3S/c1-19-12-13(14-6-3-4-7-15(14)19)8-9-16(20)17-10-5-11-18-23(2,21)22/h3-4,6-9,12,18H,5,10-11H2,1-2H3,(H,17,20)/b9-8+. The summed E-state index contributed by atoms with van der Waals surface area (Å²) in [4.78, 5) is 11.8. The van der Waals surface area contributed by atoms with E-state index in [9.17, 15) is 13.2 Å². The molecule has 0 bridgehead atoms. The molecule has 1 heterocycles. The second-order valence-corrected chi connectivity index (χ2v) is 7.19. The van der Waals surface area contributed by atoms with Crippen LogP contribution in [0.1, 0.15) is 12.0 Å². The van der Waals surface area contributed by atoms with Gasteiger partial charge in [0.1, 0.15) is 0 Å². The molecule has 1 amide bonds. The Bertz CT molecular complexity index is 822. The Morgan fingerprint density at radius 1 is 1.26 bits per heavy atom. The van der Waals surface area contributed by atoms with Crippen LogP contribution in [0.15, 0.2) is 36.5 Å². The minimum absolute atomic E-state index is 0.197. The third-order valence-electron chi connectivity index (χ3n) is 3.36. The maximum atomic E-state index is 11.8. The van der Waals surface area contributed by atoms with E-state index in [0.29, 0.717) is 19.5 Å². The third-order valence-corrected chi connectivity index (χ3v) is 4.09. The summed E-state index contributed by atoms with van der Waals surface area (Å²) < 4.78 is 26.2. The first-order chi connectivity index (χ1) is 10.9. The van der Waals surface area contributed by atoms with Crippen LogP contribution in [0.3, 0.4) is 0 Å². The number of nitrogens with zero attached hydrogens (tertiary/aromatic N) is 1. The summed E-state index contributed by atoms with van der Waals surface area (Å²) in [5, 5.41) is 3.82. The van der Waals surface area contributed by atoms with Crippen molar-refractivity contribution in [3.05, 3.63) is 42.1 Å². The maximum absolute atomic E-state index is 11.8. The summed E-state index contributed by atoms with van der Waals surface area (Å²) in [6.07, 6.45) is 6.90. The van der Waals surface area contributed by atoms with Crippen LogP contribution in [-0.4, -0.2) is 38.2 Å². The second-order valence-electron chi connectivity index (χ2n) is 5.36. The lowest BCUT2D eigenvalue weighted by Crippen LogP contribution is -2.28. The predicted molar refractivity (Wildman–Crippen MR) is 92.4 cm³/mol. The van der Waals surface area contributed by atoms with Gasteiger partial charge in [-0.05, 0) is 18.6 Å². The van der Waals surface area contributed by atoms with Crippen LogP contribution in [0.4, 0.5) is 0 Å². The van der Waals surface area contributed by atoms with Crippen LogP contribution in [0.2, 0.25) is 0 Å². The van der Waals surface area contributed by atoms with E-state index in [1.54, 1.807) is 6.08 Å². The number of hydrogen-bond acceptors (Lipinski definition) is 3. The van der Waals surface area contributed by atoms with Gasteiger partial charge in [-0.3, -0.25) is 4.79 Å². The SMILES string of the molecule is Cn1cc(/C=C/C(=O)NCCCNS(C)(=O)=O)c2ccccc21. The minimum Gasteiger partial charge on any atom is -0.353 e. The smallest absolute Gasteiger partial charge is 0.244 e. The van der Waals surface area contributed by atoms with Crippen molar-refractivity contribution >= 4 is 32.9 Å². The van der Waals surface area contributed by atoms with E-state index >= 15 is 0 Å². The molecule has 0 aliphatic rings. The molecule has 0 saturated carbocycles. The van der Waals surface area contributed by atoms with Gasteiger partial charge in [-0.25, -0.2) is 13.1 Å². The van der Waals surface area contributed by atoms with E-state index in [2.05, 4.69) is 10.0 Å². The summed E-state index contributed by atoms with van der Waals surface area (Å²) in [5.74, 6) is -0.197. The van der Waals surface area contributed by atoms with Gasteiger partial charge in [-0.1, -0.05) is 18.2 Å². The zero-order valence-corrected chi connectivity index (χ0v) is 14.1. The number of nitrogens with one attached hydrogen (secondary N) is 2. The van der Waals surface area contributed by atoms with Gasteiger partial charge < -0.3 is 9.88 Å². The number of carbonyl (C=O) groups excluding carboxylic acids is 1. The number of para-hydroxylation sites is 1. The molecule has 0 radical (unpaired) electrons. The molecule has 1 aromatic heterocycles. The van der Waals surface area contributed by atoms with Crippen molar-refractivity contribution in [2.75, 3.05) is 19.3 Å². The van der Waals surface area contributed by atoms with E-state index < -0.39 is 10.0 Å². The van der Waals surface area contributed by atoms with Crippen molar-refractivity contribution in [1.29, 1.82) is 0 Å². The molecule has 6 nitrogen and oxygen atoms in total. The summed E-state index contributed by atoms with van der Waals surface area (Å²) >= 11 is 0. The highest BCUT2D eigenvalue weighted by atomic mass is 32.2. The Morgan fingerprint density at radius 3 is 2.74 bits per heavy atom. The Balaban J connectivity index is 1.86. The number of amides is 1. The molecule has 0 atom stereocenters. The lowest BCUT2D eigenvalue weighted by molar-refractivity contribution is -0.116. The Hall–Kier alpha value is -2.12. The van der Waals surface area contributed by atoms with Crippen LogP contribution < -0.4 is 10.0 Å². The highest BCUT2D eigenvalue weighted by Crippen LogP contribution is 2.21. The minimum atomic E-state index is -3.17. The number of rotatable bonds is 7. The number of fused-ring (bicyclic) bond motifs is 1. The topological polar surface area (TPSA) is 80.2 Å². The molecule has 2 aromatic rings. The van der Waals surface area contributed by atoms with Gasteiger partial charge in [0.05, 0.1) is 6.26 Å². The Labute approximate surface area is 136 Å². The second kappa shape index (κ2) is 7.43. The molecule has 23 heavy (non-hydrogen) atoms. The number of aryl methyl sites for hydroxylation is 1. The predicted octanol–water partition coefficient (Wildman–Crippen LogP) is 1.25. The molecule has 0 fully saturated rings. The first-order valence-electron chi connectivity index (χ1n) is 7.31. The fourth-order valence-electron chi connectivity index (χ4n) is 2.29. The quantitative estimate of drug-likeness (QED) is 0.590. The first kappa shape index (κ1) is 17.2. The summed E-state index contributed by atoms with van der Waals surface area (Å²) in [7, 11) is -1.20. The molecule has 1 aromatic carbocycles. The van der Waals surface area contributed by atoms with Crippen molar-refractivity contribution < 1.29 is 13.2 Å². The molecule has 2 rings (SSSR count). The highest BCUT2D eigenvalue weighted by Gasteiger charge is 2.03. The largest absolute Gasteiger partial charge is 0.353 e. The monoisotopic (exact) mass is 335 g/mol. The summed E-state index contributed by atoms with van der Waals surface area (Å²) in [6, 6.07) is 7.99. The van der Waals surface area contributed by atoms with Crippen molar-refractivity contribution in [3.8, 4) is 0 Å². The highest BCUT2D eigenvalue weighted by molar-refractivity contribution is 7.88. The number of carbonyl (C=O) groups is 1. The van der Waals surface area contributed by atoms with Crippen LogP contribution >= 0.6 is 0 Å². The Kier molecular flexibility index (Phi) is 5.57. The van der Waals surface area contributed by atoms with Gasteiger partial charge in [-0.15, -0.1) is 0 Å². The molecule has 0 saturated heterocycles. The van der Waals surface area contributed by atoms with Crippen molar-refractivity contribution in [1.82, 2.24) is 14.6 Å². The lowest BCUT2D eigenvalue weighted by atomic mass is 10.1. The summed E-state index contributed by atoms with van der Waals surface area (Å²) in [6.45, 7) is 0.730. The van der Waals surface area contributed by atoms with Crippen LogP contribution in [0, 0.1) is 0 Å². The molecule has 0 spiro atoms. The molecular formula is C16H21N3O3S. The fourth-order valence-corrected chi connectivity index (χ4v) is 2.80. The maximum Gasteiger partial charge on any atom is 0.244 e. The lowest BCUT2D eigenvalue weighted by Gasteiger charge is -2.03.